The van der Waals surface area contributed by atoms with Crippen LogP contribution in [0, 0.1) is 12.7 Å². The quantitative estimate of drug-likeness (QED) is 0.587. The van der Waals surface area contributed by atoms with Crippen LogP contribution in [-0.2, 0) is 6.54 Å². The van der Waals surface area contributed by atoms with Gasteiger partial charge in [-0.15, -0.1) is 0 Å². The van der Waals surface area contributed by atoms with Gasteiger partial charge in [-0.05, 0) is 50.1 Å². The maximum absolute atomic E-state index is 13.9. The van der Waals surface area contributed by atoms with Crippen LogP contribution in [0.2, 0.25) is 0 Å². The van der Waals surface area contributed by atoms with Crippen LogP contribution in [0.4, 0.5) is 4.39 Å². The van der Waals surface area contributed by atoms with E-state index in [1.165, 1.54) is 6.07 Å². The monoisotopic (exact) mass is 461 g/mol. The molecule has 2 heterocycles. The number of piperidine rings is 1. The first kappa shape index (κ1) is 23.4. The topological polar surface area (TPSA) is 71.5 Å². The smallest absolute Gasteiger partial charge is 0.257 e. The van der Waals surface area contributed by atoms with Gasteiger partial charge in [0.2, 0.25) is 0 Å². The summed E-state index contributed by atoms with van der Waals surface area (Å²) in [5.41, 5.74) is 3.03. The average molecular weight is 462 g/mol. The third-order valence-electron chi connectivity index (χ3n) is 6.21. The molecule has 1 aliphatic heterocycles. The summed E-state index contributed by atoms with van der Waals surface area (Å²) >= 11 is 0. The first-order valence-corrected chi connectivity index (χ1v) is 11.4. The van der Waals surface area contributed by atoms with E-state index >= 15 is 0 Å². The number of halogens is 1. The molecule has 0 saturated carbocycles. The maximum Gasteiger partial charge on any atom is 0.257 e. The van der Waals surface area contributed by atoms with Gasteiger partial charge in [0.1, 0.15) is 11.6 Å². The normalized spacial score (nSPS) is 14.0. The minimum Gasteiger partial charge on any atom is -0.496 e. The summed E-state index contributed by atoms with van der Waals surface area (Å²) in [6.07, 6.45) is 1.40. The largest absolute Gasteiger partial charge is 0.496 e. The summed E-state index contributed by atoms with van der Waals surface area (Å²) in [6.45, 7) is 3.12. The minimum atomic E-state index is -0.350. The number of amides is 2. The van der Waals surface area contributed by atoms with E-state index < -0.39 is 0 Å². The van der Waals surface area contributed by atoms with Gasteiger partial charge < -0.3 is 15.0 Å². The Morgan fingerprint density at radius 2 is 1.74 bits per heavy atom. The second kappa shape index (κ2) is 10.5. The Morgan fingerprint density at radius 1 is 1.03 bits per heavy atom. The highest BCUT2D eigenvalue weighted by Gasteiger charge is 2.29. The van der Waals surface area contributed by atoms with Crippen LogP contribution in [-0.4, -0.2) is 41.9 Å². The number of rotatable bonds is 6. The van der Waals surface area contributed by atoms with Crippen LogP contribution in [0.5, 0.6) is 5.75 Å². The van der Waals surface area contributed by atoms with Gasteiger partial charge in [-0.2, -0.15) is 0 Å². The number of methoxy groups -OCH3 is 1. The molecule has 1 saturated heterocycles. The Labute approximate surface area is 198 Å². The zero-order chi connectivity index (χ0) is 24.1. The van der Waals surface area contributed by atoms with Crippen molar-refractivity contribution in [2.24, 2.45) is 0 Å². The number of aryl methyl sites for hydroxylation is 1. The van der Waals surface area contributed by atoms with Gasteiger partial charge in [0.15, 0.2) is 0 Å². The van der Waals surface area contributed by atoms with Gasteiger partial charge in [-0.25, -0.2) is 4.39 Å². The standard InChI is InChI=1S/C27H28FN3O3/c1-18-11-12-22(26(32)29-17-20-7-3-5-9-23(20)28)25(30-18)19-13-15-31(16-14-19)27(33)21-8-4-6-10-24(21)34-2/h3-12,19H,13-17H2,1-2H3,(H,29,32). The number of para-hydroxylation sites is 1. The number of benzene rings is 2. The number of aromatic nitrogens is 1. The number of likely N-dealkylation sites (tertiary alicyclic amines) is 1. The predicted octanol–water partition coefficient (Wildman–Crippen LogP) is 4.49. The van der Waals surface area contributed by atoms with Crippen molar-refractivity contribution in [3.05, 3.63) is 94.6 Å². The van der Waals surface area contributed by atoms with Crippen molar-refractivity contribution in [2.45, 2.75) is 32.2 Å². The van der Waals surface area contributed by atoms with Gasteiger partial charge in [0, 0.05) is 36.8 Å². The number of pyridine rings is 1. The Hall–Kier alpha value is -3.74. The third kappa shape index (κ3) is 5.09. The van der Waals surface area contributed by atoms with E-state index in [1.807, 2.05) is 30.0 Å². The number of carbonyl (C=O) groups excluding carboxylic acids is 2. The van der Waals surface area contributed by atoms with Crippen molar-refractivity contribution in [3.8, 4) is 5.75 Å². The molecule has 4 rings (SSSR count). The highest BCUT2D eigenvalue weighted by molar-refractivity contribution is 5.97. The maximum atomic E-state index is 13.9. The van der Waals surface area contributed by atoms with E-state index in [0.29, 0.717) is 48.4 Å². The molecular weight excluding hydrogens is 433 g/mol. The van der Waals surface area contributed by atoms with Gasteiger partial charge in [0.05, 0.1) is 23.9 Å². The summed E-state index contributed by atoms with van der Waals surface area (Å²) in [5, 5.41) is 2.82. The van der Waals surface area contributed by atoms with Crippen LogP contribution in [0.3, 0.4) is 0 Å². The lowest BCUT2D eigenvalue weighted by atomic mass is 9.89. The van der Waals surface area contributed by atoms with Crippen LogP contribution in [0.1, 0.15) is 56.4 Å². The van der Waals surface area contributed by atoms with Crippen molar-refractivity contribution in [2.75, 3.05) is 20.2 Å². The zero-order valence-corrected chi connectivity index (χ0v) is 19.4. The fraction of sp³-hybridized carbons (Fsp3) is 0.296. The van der Waals surface area contributed by atoms with E-state index in [-0.39, 0.29) is 30.1 Å². The van der Waals surface area contributed by atoms with E-state index in [4.69, 9.17) is 4.74 Å². The molecular formula is C27H28FN3O3. The van der Waals surface area contributed by atoms with Crippen molar-refractivity contribution in [3.63, 3.8) is 0 Å². The number of ether oxygens (including phenoxy) is 1. The van der Waals surface area contributed by atoms with Crippen LogP contribution in [0.15, 0.2) is 60.7 Å². The molecule has 1 aromatic heterocycles. The van der Waals surface area contributed by atoms with Crippen molar-refractivity contribution >= 4 is 11.8 Å². The van der Waals surface area contributed by atoms with Crippen molar-refractivity contribution in [1.82, 2.24) is 15.2 Å². The molecule has 0 aliphatic carbocycles. The molecule has 3 aromatic rings. The van der Waals surface area contributed by atoms with Crippen LogP contribution < -0.4 is 10.1 Å². The molecule has 0 unspecified atom stereocenters. The average Bonchev–Trinajstić information content (AvgIpc) is 2.87. The summed E-state index contributed by atoms with van der Waals surface area (Å²) < 4.78 is 19.3. The van der Waals surface area contributed by atoms with Crippen molar-refractivity contribution in [1.29, 1.82) is 0 Å². The first-order chi connectivity index (χ1) is 16.5. The Bertz CT molecular complexity index is 1190. The molecule has 1 N–H and O–H groups in total. The second-order valence-electron chi connectivity index (χ2n) is 8.43. The molecule has 34 heavy (non-hydrogen) atoms. The molecule has 0 bridgehead atoms. The molecule has 7 heteroatoms. The number of hydrogen-bond donors (Lipinski definition) is 1. The zero-order valence-electron chi connectivity index (χ0n) is 19.4. The van der Waals surface area contributed by atoms with Crippen LogP contribution in [0.25, 0.3) is 0 Å². The summed E-state index contributed by atoms with van der Waals surface area (Å²) in [5.74, 6) is -0.0778. The SMILES string of the molecule is COc1ccccc1C(=O)N1CCC(c2nc(C)ccc2C(=O)NCc2ccccc2F)CC1. The molecule has 1 fully saturated rings. The lowest BCUT2D eigenvalue weighted by Gasteiger charge is -2.32. The lowest BCUT2D eigenvalue weighted by Crippen LogP contribution is -2.38. The number of nitrogens with one attached hydrogen (secondary N) is 1. The second-order valence-corrected chi connectivity index (χ2v) is 8.43. The van der Waals surface area contributed by atoms with E-state index in [0.717, 1.165) is 11.4 Å². The Kier molecular flexibility index (Phi) is 7.21. The van der Waals surface area contributed by atoms with Crippen LogP contribution >= 0.6 is 0 Å². The third-order valence-corrected chi connectivity index (χ3v) is 6.21. The molecule has 176 valence electrons. The van der Waals surface area contributed by atoms with E-state index in [2.05, 4.69) is 10.3 Å². The Morgan fingerprint density at radius 3 is 2.47 bits per heavy atom. The molecule has 2 amide bonds. The first-order valence-electron chi connectivity index (χ1n) is 11.4. The molecule has 0 atom stereocenters. The summed E-state index contributed by atoms with van der Waals surface area (Å²) in [4.78, 5) is 32.5. The van der Waals surface area contributed by atoms with Crippen molar-refractivity contribution < 1.29 is 18.7 Å². The number of nitrogens with zero attached hydrogens (tertiary/aromatic N) is 2. The number of carbonyl (C=O) groups is 2. The molecule has 0 radical (unpaired) electrons. The molecule has 6 nitrogen and oxygen atoms in total. The fourth-order valence-electron chi connectivity index (χ4n) is 4.34. The molecule has 2 aromatic carbocycles. The van der Waals surface area contributed by atoms with Gasteiger partial charge >= 0.3 is 0 Å². The highest BCUT2D eigenvalue weighted by Crippen LogP contribution is 2.31. The fourth-order valence-corrected chi connectivity index (χ4v) is 4.34. The van der Waals surface area contributed by atoms with Gasteiger partial charge in [0.25, 0.3) is 11.8 Å². The van der Waals surface area contributed by atoms with E-state index in [1.54, 1.807) is 43.5 Å². The van der Waals surface area contributed by atoms with Gasteiger partial charge in [-0.3, -0.25) is 14.6 Å². The highest BCUT2D eigenvalue weighted by atomic mass is 19.1. The summed E-state index contributed by atoms with van der Waals surface area (Å²) in [6, 6.07) is 17.2. The Balaban J connectivity index is 1.46. The molecule has 1 aliphatic rings. The van der Waals surface area contributed by atoms with E-state index in [9.17, 15) is 14.0 Å². The molecule has 0 spiro atoms. The lowest BCUT2D eigenvalue weighted by molar-refractivity contribution is 0.0707. The summed E-state index contributed by atoms with van der Waals surface area (Å²) in [7, 11) is 1.56. The predicted molar refractivity (Wildman–Crippen MR) is 127 cm³/mol. The minimum absolute atomic E-state index is 0.0517. The van der Waals surface area contributed by atoms with Gasteiger partial charge in [-0.1, -0.05) is 30.3 Å². The number of hydrogen-bond acceptors (Lipinski definition) is 4.